The number of carbonyl (C=O) groups is 1. The van der Waals surface area contributed by atoms with Crippen molar-refractivity contribution in [2.45, 2.75) is 30.7 Å². The Balaban J connectivity index is 1.58. The van der Waals surface area contributed by atoms with Crippen LogP contribution in [0.25, 0.3) is 0 Å². The fourth-order valence-corrected chi connectivity index (χ4v) is 3.64. The summed E-state index contributed by atoms with van der Waals surface area (Å²) in [4.78, 5) is 12.3. The van der Waals surface area contributed by atoms with Crippen molar-refractivity contribution < 1.29 is 4.79 Å². The normalized spacial score (nSPS) is 16.6. The number of hydrogen-bond acceptors (Lipinski definition) is 2. The number of amides is 1. The highest BCUT2D eigenvalue weighted by Gasteiger charge is 2.45. The Bertz CT molecular complexity index is 683. The Kier molecular flexibility index (Phi) is 4.83. The zero-order valence-electron chi connectivity index (χ0n) is 13.0. The van der Waals surface area contributed by atoms with Gasteiger partial charge in [-0.2, -0.15) is 0 Å². The SMILES string of the molecule is N[C@@H](Cc1ccccc1)C(=O)NCC1(c2ccccc2Br)CC1. The minimum Gasteiger partial charge on any atom is -0.354 e. The maximum absolute atomic E-state index is 12.3. The molecule has 23 heavy (non-hydrogen) atoms. The summed E-state index contributed by atoms with van der Waals surface area (Å²) in [6.07, 6.45) is 2.77. The van der Waals surface area contributed by atoms with Gasteiger partial charge in [0.25, 0.3) is 0 Å². The van der Waals surface area contributed by atoms with Gasteiger partial charge in [0.1, 0.15) is 0 Å². The number of hydrogen-bond donors (Lipinski definition) is 2. The van der Waals surface area contributed by atoms with Crippen molar-refractivity contribution in [1.29, 1.82) is 0 Å². The summed E-state index contributed by atoms with van der Waals surface area (Å²) in [7, 11) is 0. The van der Waals surface area contributed by atoms with Gasteiger partial charge in [0, 0.05) is 16.4 Å². The van der Waals surface area contributed by atoms with Crippen LogP contribution in [0.3, 0.4) is 0 Å². The molecule has 1 amide bonds. The minimum absolute atomic E-state index is 0.0716. The molecule has 0 saturated heterocycles. The van der Waals surface area contributed by atoms with Crippen molar-refractivity contribution in [1.82, 2.24) is 5.32 Å². The Morgan fingerprint density at radius 1 is 1.13 bits per heavy atom. The monoisotopic (exact) mass is 372 g/mol. The lowest BCUT2D eigenvalue weighted by Crippen LogP contribution is -2.44. The first-order chi connectivity index (χ1) is 11.1. The molecule has 3 N–H and O–H groups in total. The van der Waals surface area contributed by atoms with Gasteiger partial charge in [-0.3, -0.25) is 4.79 Å². The molecule has 0 radical (unpaired) electrons. The fourth-order valence-electron chi connectivity index (χ4n) is 2.93. The highest BCUT2D eigenvalue weighted by Crippen LogP contribution is 2.49. The lowest BCUT2D eigenvalue weighted by atomic mass is 9.95. The molecule has 4 heteroatoms. The smallest absolute Gasteiger partial charge is 0.237 e. The van der Waals surface area contributed by atoms with Crippen molar-refractivity contribution in [2.24, 2.45) is 5.73 Å². The van der Waals surface area contributed by atoms with Crippen LogP contribution in [-0.2, 0) is 16.6 Å². The molecule has 1 saturated carbocycles. The van der Waals surface area contributed by atoms with Gasteiger partial charge in [-0.05, 0) is 36.5 Å². The number of rotatable bonds is 6. The summed E-state index contributed by atoms with van der Waals surface area (Å²) in [5.41, 5.74) is 8.48. The first-order valence-corrected chi connectivity index (χ1v) is 8.72. The number of nitrogens with one attached hydrogen (secondary N) is 1. The predicted octanol–water partition coefficient (Wildman–Crippen LogP) is 3.17. The fraction of sp³-hybridized carbons (Fsp3) is 0.316. The van der Waals surface area contributed by atoms with Gasteiger partial charge in [-0.1, -0.05) is 64.5 Å². The van der Waals surface area contributed by atoms with Gasteiger partial charge in [-0.25, -0.2) is 0 Å². The molecule has 2 aromatic rings. The molecule has 1 aliphatic rings. The van der Waals surface area contributed by atoms with E-state index in [9.17, 15) is 4.79 Å². The van der Waals surface area contributed by atoms with E-state index in [2.05, 4.69) is 33.4 Å². The first-order valence-electron chi connectivity index (χ1n) is 7.93. The van der Waals surface area contributed by atoms with E-state index in [4.69, 9.17) is 5.73 Å². The number of carbonyl (C=O) groups excluding carboxylic acids is 1. The summed E-state index contributed by atoms with van der Waals surface area (Å²) in [6.45, 7) is 0.650. The summed E-state index contributed by atoms with van der Waals surface area (Å²) in [5.74, 6) is -0.0767. The van der Waals surface area contributed by atoms with Crippen molar-refractivity contribution in [3.8, 4) is 0 Å². The van der Waals surface area contributed by atoms with E-state index in [1.807, 2.05) is 42.5 Å². The highest BCUT2D eigenvalue weighted by molar-refractivity contribution is 9.10. The molecular weight excluding hydrogens is 352 g/mol. The largest absolute Gasteiger partial charge is 0.354 e. The second-order valence-corrected chi connectivity index (χ2v) is 7.13. The molecule has 3 rings (SSSR count). The van der Waals surface area contributed by atoms with Crippen molar-refractivity contribution >= 4 is 21.8 Å². The van der Waals surface area contributed by atoms with E-state index in [0.717, 1.165) is 22.9 Å². The second-order valence-electron chi connectivity index (χ2n) is 6.27. The average molecular weight is 373 g/mol. The molecule has 1 atom stereocenters. The van der Waals surface area contributed by atoms with Gasteiger partial charge in [0.15, 0.2) is 0 Å². The molecule has 0 aromatic heterocycles. The van der Waals surface area contributed by atoms with Crippen LogP contribution >= 0.6 is 15.9 Å². The Morgan fingerprint density at radius 2 is 1.78 bits per heavy atom. The summed E-state index contributed by atoms with van der Waals surface area (Å²) in [6, 6.07) is 17.6. The molecule has 0 bridgehead atoms. The molecule has 0 unspecified atom stereocenters. The zero-order chi connectivity index (χ0) is 16.3. The standard InChI is InChI=1S/C19H21BrN2O/c20-16-9-5-4-8-15(16)19(10-11-19)13-22-18(23)17(21)12-14-6-2-1-3-7-14/h1-9,17H,10-13,21H2,(H,22,23)/t17-/m0/s1. The maximum atomic E-state index is 12.3. The Labute approximate surface area is 145 Å². The Hall–Kier alpha value is -1.65. The van der Waals surface area contributed by atoms with Gasteiger partial charge in [-0.15, -0.1) is 0 Å². The topological polar surface area (TPSA) is 55.1 Å². The van der Waals surface area contributed by atoms with Crippen LogP contribution < -0.4 is 11.1 Å². The van der Waals surface area contributed by atoms with Gasteiger partial charge in [0.2, 0.25) is 5.91 Å². The van der Waals surface area contributed by atoms with E-state index in [1.165, 1.54) is 5.56 Å². The van der Waals surface area contributed by atoms with Crippen molar-refractivity contribution in [3.05, 3.63) is 70.2 Å². The van der Waals surface area contributed by atoms with Crippen molar-refractivity contribution in [2.75, 3.05) is 6.54 Å². The van der Waals surface area contributed by atoms with Crippen LogP contribution in [0.1, 0.15) is 24.0 Å². The van der Waals surface area contributed by atoms with Crippen LogP contribution in [-0.4, -0.2) is 18.5 Å². The third-order valence-electron chi connectivity index (χ3n) is 4.53. The molecular formula is C19H21BrN2O. The lowest BCUT2D eigenvalue weighted by molar-refractivity contribution is -0.122. The molecule has 3 nitrogen and oxygen atoms in total. The lowest BCUT2D eigenvalue weighted by Gasteiger charge is -2.20. The highest BCUT2D eigenvalue weighted by atomic mass is 79.9. The van der Waals surface area contributed by atoms with Gasteiger partial charge < -0.3 is 11.1 Å². The molecule has 2 aromatic carbocycles. The van der Waals surface area contributed by atoms with Crippen molar-refractivity contribution in [3.63, 3.8) is 0 Å². The Morgan fingerprint density at radius 3 is 2.43 bits per heavy atom. The first kappa shape index (κ1) is 16.2. The van der Waals surface area contributed by atoms with Crippen LogP contribution in [0.15, 0.2) is 59.1 Å². The van der Waals surface area contributed by atoms with Crippen LogP contribution in [0.5, 0.6) is 0 Å². The van der Waals surface area contributed by atoms with Crippen LogP contribution in [0, 0.1) is 0 Å². The minimum atomic E-state index is -0.507. The quantitative estimate of drug-likeness (QED) is 0.817. The summed E-state index contributed by atoms with van der Waals surface area (Å²) >= 11 is 3.61. The number of nitrogens with two attached hydrogens (primary N) is 1. The van der Waals surface area contributed by atoms with E-state index in [-0.39, 0.29) is 11.3 Å². The molecule has 0 spiro atoms. The maximum Gasteiger partial charge on any atom is 0.237 e. The van der Waals surface area contributed by atoms with E-state index < -0.39 is 6.04 Å². The molecule has 1 fully saturated rings. The third-order valence-corrected chi connectivity index (χ3v) is 5.23. The van der Waals surface area contributed by atoms with E-state index in [0.29, 0.717) is 13.0 Å². The molecule has 0 aliphatic heterocycles. The van der Waals surface area contributed by atoms with Crippen LogP contribution in [0.4, 0.5) is 0 Å². The van der Waals surface area contributed by atoms with Crippen LogP contribution in [0.2, 0.25) is 0 Å². The van der Waals surface area contributed by atoms with Gasteiger partial charge >= 0.3 is 0 Å². The van der Waals surface area contributed by atoms with E-state index in [1.54, 1.807) is 0 Å². The summed E-state index contributed by atoms with van der Waals surface area (Å²) in [5, 5.41) is 3.05. The second kappa shape index (κ2) is 6.85. The van der Waals surface area contributed by atoms with E-state index >= 15 is 0 Å². The molecule has 1 aliphatic carbocycles. The number of benzene rings is 2. The summed E-state index contributed by atoms with van der Waals surface area (Å²) < 4.78 is 1.11. The number of halogens is 1. The molecule has 0 heterocycles. The molecule has 120 valence electrons. The zero-order valence-corrected chi connectivity index (χ0v) is 14.6. The average Bonchev–Trinajstić information content (AvgIpc) is 3.35. The third kappa shape index (κ3) is 3.82. The predicted molar refractivity (Wildman–Crippen MR) is 96.2 cm³/mol. The van der Waals surface area contributed by atoms with Gasteiger partial charge in [0.05, 0.1) is 6.04 Å².